The Labute approximate surface area is 122 Å². The van der Waals surface area contributed by atoms with Crippen molar-refractivity contribution in [1.29, 1.82) is 0 Å². The number of nitrogens with one attached hydrogen (secondary N) is 1. The van der Waals surface area contributed by atoms with Crippen molar-refractivity contribution < 1.29 is 0 Å². The molecular weight excluding hydrogens is 306 g/mol. The minimum atomic E-state index is -0.0702. The van der Waals surface area contributed by atoms with E-state index in [1.54, 1.807) is 6.20 Å². The average Bonchev–Trinajstić information content (AvgIpc) is 2.33. The monoisotopic (exact) mass is 327 g/mol. The van der Waals surface area contributed by atoms with E-state index in [0.717, 1.165) is 12.2 Å². The third-order valence-electron chi connectivity index (χ3n) is 4.25. The Kier molecular flexibility index (Phi) is 4.33. The fourth-order valence-corrected chi connectivity index (χ4v) is 2.97. The van der Waals surface area contributed by atoms with Gasteiger partial charge in [-0.05, 0) is 54.5 Å². The van der Waals surface area contributed by atoms with Crippen LogP contribution in [0.5, 0.6) is 0 Å². The number of anilines is 1. The van der Waals surface area contributed by atoms with Crippen LogP contribution in [-0.2, 0) is 0 Å². The molecule has 1 heterocycles. The number of rotatable bonds is 5. The first-order valence-electron chi connectivity index (χ1n) is 7.00. The zero-order chi connectivity index (χ0) is 14.0. The van der Waals surface area contributed by atoms with Crippen LogP contribution in [0.15, 0.2) is 15.5 Å². The van der Waals surface area contributed by atoms with Crippen molar-refractivity contribution in [2.75, 3.05) is 11.9 Å². The van der Waals surface area contributed by atoms with E-state index < -0.39 is 0 Å². The Morgan fingerprint density at radius 3 is 2.68 bits per heavy atom. The highest BCUT2D eigenvalue weighted by Gasteiger charge is 2.34. The SMILES string of the molecule is CCC1(CNc2cnn(C(C)C)c(=O)c2Br)CCC1. The summed E-state index contributed by atoms with van der Waals surface area (Å²) in [6, 6.07) is 0.0754. The molecule has 106 valence electrons. The summed E-state index contributed by atoms with van der Waals surface area (Å²) in [7, 11) is 0. The Morgan fingerprint density at radius 2 is 2.21 bits per heavy atom. The van der Waals surface area contributed by atoms with Gasteiger partial charge in [0.1, 0.15) is 4.47 Å². The first-order valence-corrected chi connectivity index (χ1v) is 7.79. The summed E-state index contributed by atoms with van der Waals surface area (Å²) in [5.41, 5.74) is 1.16. The van der Waals surface area contributed by atoms with E-state index in [9.17, 15) is 4.79 Å². The van der Waals surface area contributed by atoms with Gasteiger partial charge in [-0.15, -0.1) is 0 Å². The van der Waals surface area contributed by atoms with Gasteiger partial charge >= 0.3 is 0 Å². The number of nitrogens with zero attached hydrogens (tertiary/aromatic N) is 2. The Balaban J connectivity index is 2.13. The minimum Gasteiger partial charge on any atom is -0.382 e. The molecule has 0 unspecified atom stereocenters. The quantitative estimate of drug-likeness (QED) is 0.899. The van der Waals surface area contributed by atoms with Gasteiger partial charge in [0.05, 0.1) is 17.9 Å². The number of halogens is 1. The van der Waals surface area contributed by atoms with Crippen molar-refractivity contribution in [3.63, 3.8) is 0 Å². The van der Waals surface area contributed by atoms with Crippen molar-refractivity contribution in [3.8, 4) is 0 Å². The molecule has 4 nitrogen and oxygen atoms in total. The second kappa shape index (κ2) is 5.65. The second-order valence-corrected chi connectivity index (χ2v) is 6.57. The molecule has 2 rings (SSSR count). The topological polar surface area (TPSA) is 46.9 Å². The van der Waals surface area contributed by atoms with Gasteiger partial charge in [-0.1, -0.05) is 13.3 Å². The molecule has 0 aliphatic heterocycles. The average molecular weight is 328 g/mol. The molecule has 0 saturated heterocycles. The predicted octanol–water partition coefficient (Wildman–Crippen LogP) is 3.58. The van der Waals surface area contributed by atoms with Crippen LogP contribution in [-0.4, -0.2) is 16.3 Å². The lowest BCUT2D eigenvalue weighted by atomic mass is 9.67. The van der Waals surface area contributed by atoms with Crippen LogP contribution in [0.3, 0.4) is 0 Å². The van der Waals surface area contributed by atoms with E-state index in [-0.39, 0.29) is 11.6 Å². The normalized spacial score (nSPS) is 17.3. The predicted molar refractivity (Wildman–Crippen MR) is 81.6 cm³/mol. The molecule has 1 aliphatic rings. The van der Waals surface area contributed by atoms with Gasteiger partial charge in [0.25, 0.3) is 5.56 Å². The molecule has 1 fully saturated rings. The Hall–Kier alpha value is -0.840. The van der Waals surface area contributed by atoms with E-state index >= 15 is 0 Å². The van der Waals surface area contributed by atoms with E-state index in [1.165, 1.54) is 30.4 Å². The zero-order valence-corrected chi connectivity index (χ0v) is 13.5. The fraction of sp³-hybridized carbons (Fsp3) is 0.714. The summed E-state index contributed by atoms with van der Waals surface area (Å²) >= 11 is 3.39. The largest absolute Gasteiger partial charge is 0.382 e. The maximum absolute atomic E-state index is 12.1. The first kappa shape index (κ1) is 14.6. The Bertz CT molecular complexity index is 500. The summed E-state index contributed by atoms with van der Waals surface area (Å²) in [6.07, 6.45) is 6.82. The second-order valence-electron chi connectivity index (χ2n) is 5.78. The van der Waals surface area contributed by atoms with Crippen LogP contribution in [0.1, 0.15) is 52.5 Å². The van der Waals surface area contributed by atoms with Gasteiger partial charge in [-0.3, -0.25) is 4.79 Å². The molecule has 0 atom stereocenters. The number of hydrogen-bond donors (Lipinski definition) is 1. The van der Waals surface area contributed by atoms with Gasteiger partial charge in [0, 0.05) is 6.54 Å². The van der Waals surface area contributed by atoms with Crippen molar-refractivity contribution in [2.24, 2.45) is 5.41 Å². The van der Waals surface area contributed by atoms with Crippen molar-refractivity contribution in [1.82, 2.24) is 9.78 Å². The van der Waals surface area contributed by atoms with E-state index in [1.807, 2.05) is 13.8 Å². The highest BCUT2D eigenvalue weighted by Crippen LogP contribution is 2.43. The van der Waals surface area contributed by atoms with Gasteiger partial charge in [-0.2, -0.15) is 5.10 Å². The van der Waals surface area contributed by atoms with Gasteiger partial charge < -0.3 is 5.32 Å². The molecule has 1 aromatic heterocycles. The van der Waals surface area contributed by atoms with E-state index in [0.29, 0.717) is 9.89 Å². The van der Waals surface area contributed by atoms with Crippen LogP contribution < -0.4 is 10.9 Å². The lowest BCUT2D eigenvalue weighted by Gasteiger charge is -2.41. The molecule has 0 spiro atoms. The maximum Gasteiger partial charge on any atom is 0.283 e. The zero-order valence-electron chi connectivity index (χ0n) is 11.9. The molecule has 0 bridgehead atoms. The fourth-order valence-electron chi connectivity index (χ4n) is 2.55. The van der Waals surface area contributed by atoms with Crippen LogP contribution in [0, 0.1) is 5.41 Å². The molecule has 1 N–H and O–H groups in total. The molecule has 0 aromatic carbocycles. The maximum atomic E-state index is 12.1. The lowest BCUT2D eigenvalue weighted by molar-refractivity contribution is 0.145. The third kappa shape index (κ3) is 2.86. The van der Waals surface area contributed by atoms with Crippen molar-refractivity contribution >= 4 is 21.6 Å². The molecule has 19 heavy (non-hydrogen) atoms. The van der Waals surface area contributed by atoms with Crippen LogP contribution in [0.25, 0.3) is 0 Å². The number of aromatic nitrogens is 2. The van der Waals surface area contributed by atoms with Crippen molar-refractivity contribution in [2.45, 2.75) is 52.5 Å². The highest BCUT2D eigenvalue weighted by molar-refractivity contribution is 9.10. The summed E-state index contributed by atoms with van der Waals surface area (Å²) in [5, 5.41) is 7.61. The van der Waals surface area contributed by atoms with Gasteiger partial charge in [-0.25, -0.2) is 4.68 Å². The molecule has 0 radical (unpaired) electrons. The minimum absolute atomic E-state index is 0.0702. The number of hydrogen-bond acceptors (Lipinski definition) is 3. The van der Waals surface area contributed by atoms with Crippen molar-refractivity contribution in [3.05, 3.63) is 21.0 Å². The lowest BCUT2D eigenvalue weighted by Crippen LogP contribution is -2.36. The van der Waals surface area contributed by atoms with Crippen LogP contribution in [0.4, 0.5) is 5.69 Å². The smallest absolute Gasteiger partial charge is 0.283 e. The van der Waals surface area contributed by atoms with Crippen LogP contribution in [0.2, 0.25) is 0 Å². The standard InChI is InChI=1S/C14H22BrN3O/c1-4-14(6-5-7-14)9-16-11-8-17-18(10(2)3)13(19)12(11)15/h8,10,16H,4-7,9H2,1-3H3. The molecule has 0 amide bonds. The van der Waals surface area contributed by atoms with E-state index in [4.69, 9.17) is 0 Å². The van der Waals surface area contributed by atoms with Gasteiger partial charge in [0.2, 0.25) is 0 Å². The van der Waals surface area contributed by atoms with Gasteiger partial charge in [0.15, 0.2) is 0 Å². The molecule has 5 heteroatoms. The summed E-state index contributed by atoms with van der Waals surface area (Å²) in [5.74, 6) is 0. The van der Waals surface area contributed by atoms with Crippen LogP contribution >= 0.6 is 15.9 Å². The summed E-state index contributed by atoms with van der Waals surface area (Å²) in [6.45, 7) is 7.07. The Morgan fingerprint density at radius 1 is 1.53 bits per heavy atom. The van der Waals surface area contributed by atoms with E-state index in [2.05, 4.69) is 33.3 Å². The first-order chi connectivity index (χ1) is 8.99. The molecule has 1 aliphatic carbocycles. The third-order valence-corrected chi connectivity index (χ3v) is 5.02. The highest BCUT2D eigenvalue weighted by atomic mass is 79.9. The molecule has 1 aromatic rings. The summed E-state index contributed by atoms with van der Waals surface area (Å²) < 4.78 is 2.08. The molecular formula is C14H22BrN3O. The molecule has 1 saturated carbocycles. The summed E-state index contributed by atoms with van der Waals surface area (Å²) in [4.78, 5) is 12.1.